The topological polar surface area (TPSA) is 117 Å². The van der Waals surface area contributed by atoms with Crippen molar-refractivity contribution in [3.05, 3.63) is 61.7 Å². The molecule has 7 nitrogen and oxygen atoms in total. The first-order chi connectivity index (χ1) is 12.5. The molecule has 1 aliphatic rings. The van der Waals surface area contributed by atoms with Crippen molar-refractivity contribution in [1.82, 2.24) is 9.97 Å². The van der Waals surface area contributed by atoms with Gasteiger partial charge in [-0.3, -0.25) is 4.79 Å². The van der Waals surface area contributed by atoms with Gasteiger partial charge in [-0.1, -0.05) is 39.4 Å². The lowest BCUT2D eigenvalue weighted by molar-refractivity contribution is 0.397. The van der Waals surface area contributed by atoms with Gasteiger partial charge in [-0.05, 0) is 17.7 Å². The Balaban J connectivity index is 2.05. The van der Waals surface area contributed by atoms with E-state index in [4.69, 9.17) is 10.5 Å². The Bertz CT molecular complexity index is 1160. The second-order valence-corrected chi connectivity index (χ2v) is 7.53. The van der Waals surface area contributed by atoms with E-state index >= 15 is 0 Å². The number of anilines is 1. The highest BCUT2D eigenvalue weighted by molar-refractivity contribution is 9.10. The van der Waals surface area contributed by atoms with Crippen LogP contribution in [-0.2, 0) is 0 Å². The molecule has 0 aliphatic carbocycles. The van der Waals surface area contributed by atoms with Crippen molar-refractivity contribution < 1.29 is 4.74 Å². The number of halogens is 1. The van der Waals surface area contributed by atoms with Crippen molar-refractivity contribution in [2.45, 2.75) is 5.92 Å². The summed E-state index contributed by atoms with van der Waals surface area (Å²) in [6, 6.07) is 9.50. The molecule has 3 heterocycles. The lowest BCUT2D eigenvalue weighted by atomic mass is 9.84. The summed E-state index contributed by atoms with van der Waals surface area (Å²) >= 11 is 4.74. The van der Waals surface area contributed by atoms with E-state index in [1.807, 2.05) is 24.3 Å². The Labute approximate surface area is 160 Å². The summed E-state index contributed by atoms with van der Waals surface area (Å²) in [5, 5.41) is 13.2. The first-order valence-corrected chi connectivity index (χ1v) is 9.22. The number of pyridine rings is 1. The summed E-state index contributed by atoms with van der Waals surface area (Å²) < 4.78 is 7.28. The number of nitrogens with two attached hydrogens (primary N) is 1. The molecule has 0 bridgehead atoms. The van der Waals surface area contributed by atoms with E-state index in [-0.39, 0.29) is 17.0 Å². The van der Waals surface area contributed by atoms with E-state index in [2.05, 4.69) is 37.3 Å². The third kappa shape index (κ3) is 2.46. The van der Waals surface area contributed by atoms with E-state index in [9.17, 15) is 10.1 Å². The normalized spacial score (nSPS) is 16.1. The van der Waals surface area contributed by atoms with Gasteiger partial charge in [-0.25, -0.2) is 4.98 Å². The van der Waals surface area contributed by atoms with Crippen LogP contribution in [0, 0.1) is 11.3 Å². The van der Waals surface area contributed by atoms with Crippen molar-refractivity contribution in [3.8, 4) is 11.8 Å². The fraction of sp³-hybridized carbons (Fsp3) is 0.118. The number of nitrogens with one attached hydrogen (secondary N) is 2. The van der Waals surface area contributed by atoms with Crippen molar-refractivity contribution in [2.75, 3.05) is 12.4 Å². The largest absolute Gasteiger partial charge is 0.438 e. The fourth-order valence-corrected chi connectivity index (χ4v) is 4.12. The van der Waals surface area contributed by atoms with E-state index in [1.54, 1.807) is 7.05 Å². The van der Waals surface area contributed by atoms with Crippen LogP contribution in [0.1, 0.15) is 17.0 Å². The molecule has 0 radical (unpaired) electrons. The third-order valence-corrected chi connectivity index (χ3v) is 5.75. The number of ether oxygens (including phenoxy) is 1. The molecule has 0 amide bonds. The molecule has 4 rings (SSSR count). The highest BCUT2D eigenvalue weighted by Gasteiger charge is 2.35. The maximum Gasteiger partial charge on any atom is 0.257 e. The number of nitrogens with zero attached hydrogens (tertiary/aromatic N) is 2. The molecule has 1 atom stereocenters. The van der Waals surface area contributed by atoms with Crippen LogP contribution >= 0.6 is 27.3 Å². The molecule has 26 heavy (non-hydrogen) atoms. The van der Waals surface area contributed by atoms with Crippen LogP contribution in [0.2, 0.25) is 0 Å². The second kappa shape index (κ2) is 6.16. The molecular formula is C17H12BrN5O2S. The predicted octanol–water partition coefficient (Wildman–Crippen LogP) is 3.01. The number of aromatic amines is 1. The van der Waals surface area contributed by atoms with Gasteiger partial charge in [-0.2, -0.15) is 5.26 Å². The summed E-state index contributed by atoms with van der Waals surface area (Å²) in [7, 11) is 1.75. The molecule has 3 aromatic rings. The molecule has 9 heteroatoms. The number of hydrogen-bond donors (Lipinski definition) is 3. The van der Waals surface area contributed by atoms with Crippen LogP contribution in [-0.4, -0.2) is 17.0 Å². The lowest BCUT2D eigenvalue weighted by Gasteiger charge is -2.25. The molecule has 4 N–H and O–H groups in total. The maximum absolute atomic E-state index is 12.8. The van der Waals surface area contributed by atoms with Crippen LogP contribution in [0.4, 0.5) is 5.13 Å². The summed E-state index contributed by atoms with van der Waals surface area (Å²) in [4.78, 5) is 19.9. The van der Waals surface area contributed by atoms with Gasteiger partial charge >= 0.3 is 0 Å². The number of fused-ring (bicyclic) bond motifs is 3. The Morgan fingerprint density at radius 3 is 2.81 bits per heavy atom. The maximum atomic E-state index is 12.8. The minimum absolute atomic E-state index is 0.000716. The molecule has 130 valence electrons. The number of thiazole rings is 1. The van der Waals surface area contributed by atoms with Crippen molar-refractivity contribution in [2.24, 2.45) is 5.73 Å². The molecular weight excluding hydrogens is 418 g/mol. The zero-order valence-electron chi connectivity index (χ0n) is 13.5. The van der Waals surface area contributed by atoms with Gasteiger partial charge < -0.3 is 20.8 Å². The number of hydrogen-bond acceptors (Lipinski definition) is 7. The Kier molecular flexibility index (Phi) is 3.94. The molecule has 0 saturated carbocycles. The first-order valence-electron chi connectivity index (χ1n) is 7.61. The Hall–Kier alpha value is -2.83. The molecule has 0 fully saturated rings. The molecule has 0 spiro atoms. The summed E-state index contributed by atoms with van der Waals surface area (Å²) in [5.41, 5.74) is 7.44. The number of nitriles is 1. The second-order valence-electron chi connectivity index (χ2n) is 5.62. The number of H-pyrrole nitrogens is 1. The summed E-state index contributed by atoms with van der Waals surface area (Å²) in [6.07, 6.45) is 0. The number of allylic oxidation sites excluding steroid dienone is 1. The van der Waals surface area contributed by atoms with Gasteiger partial charge in [0.15, 0.2) is 16.5 Å². The highest BCUT2D eigenvalue weighted by atomic mass is 79.9. The van der Waals surface area contributed by atoms with Gasteiger partial charge in [0.05, 0.1) is 11.5 Å². The Morgan fingerprint density at radius 2 is 2.15 bits per heavy atom. The van der Waals surface area contributed by atoms with Gasteiger partial charge in [0.25, 0.3) is 5.56 Å². The van der Waals surface area contributed by atoms with Crippen molar-refractivity contribution in [1.29, 1.82) is 5.26 Å². The number of aromatic nitrogens is 2. The van der Waals surface area contributed by atoms with Gasteiger partial charge in [-0.15, -0.1) is 0 Å². The Morgan fingerprint density at radius 1 is 1.42 bits per heavy atom. The van der Waals surface area contributed by atoms with Crippen LogP contribution in [0.3, 0.4) is 0 Å². The van der Waals surface area contributed by atoms with E-state index < -0.39 is 5.92 Å². The summed E-state index contributed by atoms with van der Waals surface area (Å²) in [6.45, 7) is 0. The standard InChI is InChI=1S/C17H12BrN5O2S/c1-21-17-23-15-13(26-17)12-11(16(24)22-15)10(9(6-19)14(20)25-12)7-2-4-8(18)5-3-7/h2-5,10H,20H2,1H3,(H2,21,22,23,24). The first kappa shape index (κ1) is 16.6. The summed E-state index contributed by atoms with van der Waals surface area (Å²) in [5.74, 6) is -0.253. The monoisotopic (exact) mass is 429 g/mol. The van der Waals surface area contributed by atoms with E-state index in [0.717, 1.165) is 10.0 Å². The van der Waals surface area contributed by atoms with Gasteiger partial charge in [0, 0.05) is 11.5 Å². The third-order valence-electron chi connectivity index (χ3n) is 4.15. The predicted molar refractivity (Wildman–Crippen MR) is 103 cm³/mol. The highest BCUT2D eigenvalue weighted by Crippen LogP contribution is 2.45. The van der Waals surface area contributed by atoms with E-state index in [1.165, 1.54) is 11.3 Å². The molecule has 1 unspecified atom stereocenters. The minimum Gasteiger partial charge on any atom is -0.438 e. The van der Waals surface area contributed by atoms with Gasteiger partial charge in [0.1, 0.15) is 16.3 Å². The number of benzene rings is 1. The van der Waals surface area contributed by atoms with Crippen molar-refractivity contribution >= 4 is 42.7 Å². The quantitative estimate of drug-likeness (QED) is 0.576. The average molecular weight is 430 g/mol. The average Bonchev–Trinajstić information content (AvgIpc) is 3.04. The minimum atomic E-state index is -0.606. The lowest BCUT2D eigenvalue weighted by Crippen LogP contribution is -2.27. The number of rotatable bonds is 2. The van der Waals surface area contributed by atoms with Crippen LogP contribution in [0.15, 0.2) is 45.0 Å². The molecule has 1 aliphatic heterocycles. The van der Waals surface area contributed by atoms with E-state index in [0.29, 0.717) is 26.8 Å². The SMILES string of the molecule is CNc1nc2[nH]c(=O)c3c(c2s1)OC(N)=C(C#N)C3c1ccc(Br)cc1. The molecule has 1 aromatic carbocycles. The van der Waals surface area contributed by atoms with Crippen molar-refractivity contribution in [3.63, 3.8) is 0 Å². The fourth-order valence-electron chi connectivity index (χ4n) is 2.99. The van der Waals surface area contributed by atoms with Gasteiger partial charge in [0.2, 0.25) is 5.88 Å². The molecule has 0 saturated heterocycles. The zero-order chi connectivity index (χ0) is 18.4. The smallest absolute Gasteiger partial charge is 0.257 e. The zero-order valence-corrected chi connectivity index (χ0v) is 15.9. The van der Waals surface area contributed by atoms with Crippen LogP contribution in [0.5, 0.6) is 5.75 Å². The van der Waals surface area contributed by atoms with Crippen LogP contribution in [0.25, 0.3) is 10.3 Å². The van der Waals surface area contributed by atoms with Crippen LogP contribution < -0.4 is 21.3 Å². The molecule has 2 aromatic heterocycles.